The molecule has 2 aliphatic carbocycles. The van der Waals surface area contributed by atoms with Crippen LogP contribution in [0.2, 0.25) is 0 Å². The highest BCUT2D eigenvalue weighted by molar-refractivity contribution is 9.10. The molecule has 0 aromatic heterocycles. The van der Waals surface area contributed by atoms with E-state index in [2.05, 4.69) is 25.7 Å². The smallest absolute Gasteiger partial charge is 0.238 e. The SMILES string of the molecule is O=C1C2CC=C3C(CC4C(=O)N(c5ccc(N6CCOCC6)cc5)C(=O)C4C3c3cc(Br)ccc3O)C2C(=O)N1c1ccc(N2CCOCC2)cc1. The molecule has 4 saturated heterocycles. The van der Waals surface area contributed by atoms with Crippen LogP contribution in [0.3, 0.4) is 0 Å². The number of imide groups is 2. The zero-order valence-electron chi connectivity index (χ0n) is 28.5. The number of anilines is 4. The number of benzene rings is 3. The highest BCUT2D eigenvalue weighted by Gasteiger charge is 2.62. The molecule has 0 bridgehead atoms. The monoisotopic (exact) mass is 766 g/mol. The summed E-state index contributed by atoms with van der Waals surface area (Å²) in [6.45, 7) is 5.66. The highest BCUT2D eigenvalue weighted by atomic mass is 79.9. The average Bonchev–Trinajstić information content (AvgIpc) is 3.59. The molecule has 6 atom stereocenters. The van der Waals surface area contributed by atoms with E-state index in [0.29, 0.717) is 49.8 Å². The summed E-state index contributed by atoms with van der Waals surface area (Å²) >= 11 is 3.55. The summed E-state index contributed by atoms with van der Waals surface area (Å²) in [7, 11) is 0. The number of carbonyl (C=O) groups is 4. The molecule has 6 aliphatic rings. The molecule has 3 aromatic carbocycles. The third-order valence-corrected chi connectivity index (χ3v) is 12.4. The number of carbonyl (C=O) groups excluding carboxylic acids is 4. The minimum absolute atomic E-state index is 0.0139. The normalized spacial score (nSPS) is 28.9. The van der Waals surface area contributed by atoms with Gasteiger partial charge < -0.3 is 24.4 Å². The Kier molecular flexibility index (Phi) is 8.43. The van der Waals surface area contributed by atoms with Crippen molar-refractivity contribution < 1.29 is 33.8 Å². The van der Waals surface area contributed by atoms with Crippen LogP contribution < -0.4 is 19.6 Å². The molecule has 4 heterocycles. The first-order valence-corrected chi connectivity index (χ1v) is 18.9. The number of rotatable bonds is 5. The largest absolute Gasteiger partial charge is 0.508 e. The lowest BCUT2D eigenvalue weighted by molar-refractivity contribution is -0.126. The second-order valence-electron chi connectivity index (χ2n) is 14.5. The first kappa shape index (κ1) is 33.3. The van der Waals surface area contributed by atoms with Crippen LogP contribution in [-0.2, 0) is 28.7 Å². The Labute approximate surface area is 309 Å². The van der Waals surface area contributed by atoms with Crippen LogP contribution in [-0.4, -0.2) is 81.3 Å². The van der Waals surface area contributed by atoms with Gasteiger partial charge in [-0.2, -0.15) is 0 Å². The predicted octanol–water partition coefficient (Wildman–Crippen LogP) is 4.87. The standard InChI is InChI=1S/C40H39BrN4O7/c41-23-1-12-33(46)31(21-23)34-28-10-11-29-35(39(49)44(37(29)47)26-6-2-24(3-7-26)42-13-17-51-18-14-42)30(28)22-32-36(34)40(50)45(38(32)48)27-8-4-25(5-9-27)43-15-19-52-20-16-43/h1-10,12,21,29-30,32,34-36,46H,11,13-20,22H2. The van der Waals surface area contributed by atoms with E-state index in [9.17, 15) is 24.3 Å². The summed E-state index contributed by atoms with van der Waals surface area (Å²) < 4.78 is 11.7. The van der Waals surface area contributed by atoms with Gasteiger partial charge in [-0.25, -0.2) is 0 Å². The van der Waals surface area contributed by atoms with Crippen LogP contribution in [0.1, 0.15) is 24.3 Å². The Morgan fingerprint density at radius 3 is 1.65 bits per heavy atom. The van der Waals surface area contributed by atoms with Crippen molar-refractivity contribution in [3.05, 3.63) is 88.4 Å². The van der Waals surface area contributed by atoms with E-state index in [0.717, 1.165) is 47.6 Å². The number of phenolic OH excluding ortho intramolecular Hbond substituents is 1. The lowest BCUT2D eigenvalue weighted by Crippen LogP contribution is -2.43. The quantitative estimate of drug-likeness (QED) is 0.287. The second-order valence-corrected chi connectivity index (χ2v) is 15.4. The van der Waals surface area contributed by atoms with Gasteiger partial charge in [-0.3, -0.25) is 29.0 Å². The summed E-state index contributed by atoms with van der Waals surface area (Å²) in [5.41, 5.74) is 4.38. The number of nitrogens with zero attached hydrogens (tertiary/aromatic N) is 4. The van der Waals surface area contributed by atoms with Gasteiger partial charge in [0.2, 0.25) is 23.6 Å². The molecule has 12 heteroatoms. The fraction of sp³-hybridized carbons (Fsp3) is 0.400. The molecule has 4 aliphatic heterocycles. The number of ether oxygens (including phenoxy) is 2. The number of halogens is 1. The number of hydrogen-bond donors (Lipinski definition) is 1. The summed E-state index contributed by atoms with van der Waals surface area (Å²) in [6.07, 6.45) is 2.60. The molecule has 3 aromatic rings. The molecule has 0 radical (unpaired) electrons. The second kappa shape index (κ2) is 13.2. The van der Waals surface area contributed by atoms with E-state index in [1.54, 1.807) is 18.2 Å². The van der Waals surface area contributed by atoms with E-state index >= 15 is 0 Å². The third kappa shape index (κ3) is 5.37. The van der Waals surface area contributed by atoms with Gasteiger partial charge in [-0.05, 0) is 85.5 Å². The number of hydrogen-bond acceptors (Lipinski definition) is 9. The number of phenols is 1. The van der Waals surface area contributed by atoms with Gasteiger partial charge in [0.05, 0.1) is 61.5 Å². The fourth-order valence-electron chi connectivity index (χ4n) is 9.49. The number of fused-ring (bicyclic) bond motifs is 4. The Balaban J connectivity index is 1.06. The maximum atomic E-state index is 14.5. The van der Waals surface area contributed by atoms with Gasteiger partial charge >= 0.3 is 0 Å². The Morgan fingerprint density at radius 1 is 0.596 bits per heavy atom. The molecule has 6 unspecified atom stereocenters. The lowest BCUT2D eigenvalue weighted by Gasteiger charge is -2.44. The van der Waals surface area contributed by atoms with Crippen molar-refractivity contribution >= 4 is 62.3 Å². The summed E-state index contributed by atoms with van der Waals surface area (Å²) in [5, 5.41) is 11.3. The maximum Gasteiger partial charge on any atom is 0.238 e. The molecule has 0 spiro atoms. The van der Waals surface area contributed by atoms with Gasteiger partial charge in [0.15, 0.2) is 0 Å². The summed E-state index contributed by atoms with van der Waals surface area (Å²) in [6, 6.07) is 20.1. The number of amides is 4. The molecule has 11 nitrogen and oxygen atoms in total. The third-order valence-electron chi connectivity index (χ3n) is 11.9. The minimum Gasteiger partial charge on any atom is -0.508 e. The van der Waals surface area contributed by atoms with Crippen molar-refractivity contribution in [1.82, 2.24) is 0 Å². The van der Waals surface area contributed by atoms with E-state index in [4.69, 9.17) is 9.47 Å². The van der Waals surface area contributed by atoms with Crippen LogP contribution in [0, 0.1) is 29.6 Å². The molecule has 52 heavy (non-hydrogen) atoms. The van der Waals surface area contributed by atoms with Crippen LogP contribution in [0.25, 0.3) is 0 Å². The fourth-order valence-corrected chi connectivity index (χ4v) is 9.87. The van der Waals surface area contributed by atoms with Gasteiger partial charge in [0.25, 0.3) is 0 Å². The van der Waals surface area contributed by atoms with Gasteiger partial charge in [-0.15, -0.1) is 0 Å². The van der Waals surface area contributed by atoms with Crippen molar-refractivity contribution in [2.24, 2.45) is 29.6 Å². The molecular formula is C40H39BrN4O7. The lowest BCUT2D eigenvalue weighted by atomic mass is 9.57. The molecule has 5 fully saturated rings. The highest BCUT2D eigenvalue weighted by Crippen LogP contribution is 2.59. The Morgan fingerprint density at radius 2 is 1.10 bits per heavy atom. The van der Waals surface area contributed by atoms with Gasteiger partial charge in [-0.1, -0.05) is 27.6 Å². The Bertz CT molecular complexity index is 1970. The first-order chi connectivity index (χ1) is 25.3. The topological polar surface area (TPSA) is 120 Å². The maximum absolute atomic E-state index is 14.5. The van der Waals surface area contributed by atoms with Crippen molar-refractivity contribution in [2.75, 3.05) is 72.2 Å². The van der Waals surface area contributed by atoms with Crippen molar-refractivity contribution in [3.63, 3.8) is 0 Å². The molecule has 4 amide bonds. The van der Waals surface area contributed by atoms with Crippen LogP contribution in [0.5, 0.6) is 5.75 Å². The molecular weight excluding hydrogens is 728 g/mol. The van der Waals surface area contributed by atoms with Crippen LogP contribution in [0.4, 0.5) is 22.7 Å². The Hall–Kier alpha value is -4.52. The number of aromatic hydroxyl groups is 1. The van der Waals surface area contributed by atoms with Crippen molar-refractivity contribution in [3.8, 4) is 5.75 Å². The number of allylic oxidation sites excluding steroid dienone is 2. The summed E-state index contributed by atoms with van der Waals surface area (Å²) in [4.78, 5) is 64.5. The average molecular weight is 768 g/mol. The van der Waals surface area contributed by atoms with Crippen molar-refractivity contribution in [1.29, 1.82) is 0 Å². The molecule has 268 valence electrons. The molecule has 9 rings (SSSR count). The molecule has 1 N–H and O–H groups in total. The van der Waals surface area contributed by atoms with Crippen LogP contribution >= 0.6 is 15.9 Å². The zero-order valence-corrected chi connectivity index (χ0v) is 30.1. The number of morpholine rings is 2. The summed E-state index contributed by atoms with van der Waals surface area (Å²) in [5.74, 6) is -5.05. The van der Waals surface area contributed by atoms with E-state index in [1.807, 2.05) is 54.6 Å². The first-order valence-electron chi connectivity index (χ1n) is 18.1. The van der Waals surface area contributed by atoms with Crippen molar-refractivity contribution in [2.45, 2.75) is 18.8 Å². The predicted molar refractivity (Wildman–Crippen MR) is 197 cm³/mol. The van der Waals surface area contributed by atoms with Crippen LogP contribution in [0.15, 0.2) is 82.9 Å². The van der Waals surface area contributed by atoms with Gasteiger partial charge in [0.1, 0.15) is 5.75 Å². The van der Waals surface area contributed by atoms with Gasteiger partial charge in [0, 0.05) is 53.5 Å². The van der Waals surface area contributed by atoms with E-state index in [1.165, 1.54) is 9.80 Å². The zero-order chi connectivity index (χ0) is 35.7. The van der Waals surface area contributed by atoms with E-state index < -0.39 is 35.5 Å². The minimum atomic E-state index is -0.776. The molecule has 1 saturated carbocycles. The van der Waals surface area contributed by atoms with E-state index in [-0.39, 0.29) is 35.8 Å².